The Morgan fingerprint density at radius 3 is 2.71 bits per heavy atom. The van der Waals surface area contributed by atoms with Gasteiger partial charge in [-0.2, -0.15) is 9.57 Å². The summed E-state index contributed by atoms with van der Waals surface area (Å²) in [6, 6.07) is 6.55. The third-order valence-corrected chi connectivity index (χ3v) is 6.26. The molecule has 3 rings (SSSR count). The van der Waals surface area contributed by atoms with Crippen LogP contribution in [-0.2, 0) is 10.0 Å². The van der Waals surface area contributed by atoms with Gasteiger partial charge in [-0.05, 0) is 25.0 Å². The molecule has 148 valence electrons. The summed E-state index contributed by atoms with van der Waals surface area (Å²) in [5.74, 6) is 0.764. The van der Waals surface area contributed by atoms with Crippen LogP contribution in [0, 0.1) is 11.3 Å². The SMILES string of the molecule is COc1ccc(OC)c(S(=O)(=O)N2CCCC(Oc3nccnc3C#N)C2)c1. The van der Waals surface area contributed by atoms with Gasteiger partial charge in [0, 0.05) is 25.0 Å². The molecule has 9 nitrogen and oxygen atoms in total. The number of sulfonamides is 1. The van der Waals surface area contributed by atoms with E-state index in [1.165, 1.54) is 37.0 Å². The lowest BCUT2D eigenvalue weighted by molar-refractivity contribution is 0.123. The van der Waals surface area contributed by atoms with Crippen LogP contribution in [0.3, 0.4) is 0 Å². The van der Waals surface area contributed by atoms with Crippen molar-refractivity contribution in [2.75, 3.05) is 27.3 Å². The van der Waals surface area contributed by atoms with Crippen molar-refractivity contribution in [1.29, 1.82) is 5.26 Å². The predicted molar refractivity (Wildman–Crippen MR) is 98.7 cm³/mol. The number of piperidine rings is 1. The summed E-state index contributed by atoms with van der Waals surface area (Å²) in [4.78, 5) is 7.97. The fourth-order valence-electron chi connectivity index (χ4n) is 2.99. The smallest absolute Gasteiger partial charge is 0.251 e. The number of rotatable bonds is 6. The molecule has 1 aromatic carbocycles. The highest BCUT2D eigenvalue weighted by Gasteiger charge is 2.34. The molecule has 2 heterocycles. The zero-order valence-corrected chi connectivity index (χ0v) is 16.3. The standard InChI is InChI=1S/C18H20N4O5S/c1-25-13-5-6-16(26-2)17(10-13)28(23,24)22-9-3-4-14(12-22)27-18-15(11-19)20-7-8-21-18/h5-8,10,14H,3-4,9,12H2,1-2H3. The Kier molecular flexibility index (Phi) is 5.96. The van der Waals surface area contributed by atoms with Gasteiger partial charge in [0.1, 0.15) is 28.6 Å². The molecule has 0 aliphatic carbocycles. The number of ether oxygens (including phenoxy) is 3. The van der Waals surface area contributed by atoms with E-state index in [2.05, 4.69) is 9.97 Å². The highest BCUT2D eigenvalue weighted by molar-refractivity contribution is 7.89. The second-order valence-electron chi connectivity index (χ2n) is 6.08. The van der Waals surface area contributed by atoms with E-state index in [4.69, 9.17) is 19.5 Å². The van der Waals surface area contributed by atoms with Crippen molar-refractivity contribution in [2.45, 2.75) is 23.8 Å². The first kappa shape index (κ1) is 19.9. The number of nitriles is 1. The van der Waals surface area contributed by atoms with Crippen LogP contribution in [0.5, 0.6) is 17.4 Å². The Morgan fingerprint density at radius 1 is 1.21 bits per heavy atom. The first-order valence-corrected chi connectivity index (χ1v) is 10.0. The lowest BCUT2D eigenvalue weighted by atomic mass is 10.1. The molecule has 0 bridgehead atoms. The number of benzene rings is 1. The second kappa shape index (κ2) is 8.41. The highest BCUT2D eigenvalue weighted by Crippen LogP contribution is 2.32. The van der Waals surface area contributed by atoms with Crippen LogP contribution in [-0.4, -0.2) is 56.1 Å². The topological polar surface area (TPSA) is 115 Å². The molecular formula is C18H20N4O5S. The Bertz CT molecular complexity index is 990. The maximum atomic E-state index is 13.2. The van der Waals surface area contributed by atoms with Gasteiger partial charge in [0.25, 0.3) is 5.88 Å². The van der Waals surface area contributed by atoms with Crippen molar-refractivity contribution in [3.05, 3.63) is 36.3 Å². The Morgan fingerprint density at radius 2 is 2.00 bits per heavy atom. The monoisotopic (exact) mass is 404 g/mol. The van der Waals surface area contributed by atoms with Crippen molar-refractivity contribution in [1.82, 2.24) is 14.3 Å². The van der Waals surface area contributed by atoms with Crippen LogP contribution in [0.4, 0.5) is 0 Å². The van der Waals surface area contributed by atoms with Crippen LogP contribution in [0.25, 0.3) is 0 Å². The summed E-state index contributed by atoms with van der Waals surface area (Å²) in [6.07, 6.45) is 3.64. The molecule has 2 aromatic rings. The maximum absolute atomic E-state index is 13.2. The lowest BCUT2D eigenvalue weighted by Gasteiger charge is -2.32. The molecule has 0 amide bonds. The van der Waals surface area contributed by atoms with Crippen LogP contribution in [0.2, 0.25) is 0 Å². The molecule has 1 aliphatic heterocycles. The molecule has 10 heteroatoms. The number of hydrogen-bond acceptors (Lipinski definition) is 8. The zero-order chi connectivity index (χ0) is 20.1. The summed E-state index contributed by atoms with van der Waals surface area (Å²) in [5.41, 5.74) is 0.0666. The van der Waals surface area contributed by atoms with E-state index in [9.17, 15) is 8.42 Å². The minimum absolute atomic E-state index is 0.0345. The minimum atomic E-state index is -3.83. The molecule has 1 saturated heterocycles. The fourth-order valence-corrected chi connectivity index (χ4v) is 4.67. The Labute approximate surface area is 163 Å². The molecule has 1 unspecified atom stereocenters. The Balaban J connectivity index is 1.85. The van der Waals surface area contributed by atoms with Crippen molar-refractivity contribution >= 4 is 10.0 Å². The molecule has 0 radical (unpaired) electrons. The zero-order valence-electron chi connectivity index (χ0n) is 15.5. The van der Waals surface area contributed by atoms with Crippen molar-refractivity contribution in [3.63, 3.8) is 0 Å². The molecule has 0 N–H and O–H groups in total. The molecule has 0 saturated carbocycles. The van der Waals surface area contributed by atoms with Gasteiger partial charge in [-0.3, -0.25) is 0 Å². The average Bonchev–Trinajstić information content (AvgIpc) is 2.73. The number of aromatic nitrogens is 2. The minimum Gasteiger partial charge on any atom is -0.497 e. The van der Waals surface area contributed by atoms with E-state index >= 15 is 0 Å². The van der Waals surface area contributed by atoms with Gasteiger partial charge in [-0.25, -0.2) is 18.4 Å². The molecule has 1 atom stereocenters. The highest BCUT2D eigenvalue weighted by atomic mass is 32.2. The van der Waals surface area contributed by atoms with Crippen molar-refractivity contribution < 1.29 is 22.6 Å². The Hall–Kier alpha value is -2.90. The number of nitrogens with zero attached hydrogens (tertiary/aromatic N) is 4. The van der Waals surface area contributed by atoms with Gasteiger partial charge < -0.3 is 14.2 Å². The van der Waals surface area contributed by atoms with Crippen LogP contribution >= 0.6 is 0 Å². The largest absolute Gasteiger partial charge is 0.497 e. The summed E-state index contributed by atoms with van der Waals surface area (Å²) in [7, 11) is -0.945. The number of methoxy groups -OCH3 is 2. The number of hydrogen-bond donors (Lipinski definition) is 0. The first-order valence-electron chi connectivity index (χ1n) is 8.59. The van der Waals surface area contributed by atoms with Gasteiger partial charge in [0.15, 0.2) is 0 Å². The molecule has 0 spiro atoms. The summed E-state index contributed by atoms with van der Waals surface area (Å²) in [5, 5.41) is 9.12. The summed E-state index contributed by atoms with van der Waals surface area (Å²) >= 11 is 0. The third kappa shape index (κ3) is 4.00. The molecule has 1 aliphatic rings. The van der Waals surface area contributed by atoms with Gasteiger partial charge in [0.2, 0.25) is 15.7 Å². The first-order chi connectivity index (χ1) is 13.5. The van der Waals surface area contributed by atoms with E-state index in [1.807, 2.05) is 6.07 Å². The molecule has 1 aromatic heterocycles. The molecule has 28 heavy (non-hydrogen) atoms. The normalized spacial score (nSPS) is 17.5. The summed E-state index contributed by atoms with van der Waals surface area (Å²) in [6.45, 7) is 0.484. The van der Waals surface area contributed by atoms with Gasteiger partial charge in [-0.1, -0.05) is 0 Å². The van der Waals surface area contributed by atoms with E-state index in [0.29, 0.717) is 25.1 Å². The lowest BCUT2D eigenvalue weighted by Crippen LogP contribution is -2.44. The van der Waals surface area contributed by atoms with Gasteiger partial charge >= 0.3 is 0 Å². The van der Waals surface area contributed by atoms with E-state index < -0.39 is 16.1 Å². The van der Waals surface area contributed by atoms with Gasteiger partial charge in [0.05, 0.1) is 20.8 Å². The average molecular weight is 404 g/mol. The molecule has 1 fully saturated rings. The van der Waals surface area contributed by atoms with Crippen LogP contribution in [0.15, 0.2) is 35.5 Å². The van der Waals surface area contributed by atoms with Crippen molar-refractivity contribution in [2.24, 2.45) is 0 Å². The third-order valence-electron chi connectivity index (χ3n) is 4.38. The second-order valence-corrected chi connectivity index (χ2v) is 7.99. The van der Waals surface area contributed by atoms with Crippen LogP contribution in [0.1, 0.15) is 18.5 Å². The maximum Gasteiger partial charge on any atom is 0.251 e. The van der Waals surface area contributed by atoms with E-state index in [-0.39, 0.29) is 28.8 Å². The summed E-state index contributed by atoms with van der Waals surface area (Å²) < 4.78 is 43.9. The van der Waals surface area contributed by atoms with E-state index in [0.717, 1.165) is 0 Å². The van der Waals surface area contributed by atoms with Gasteiger partial charge in [-0.15, -0.1) is 0 Å². The predicted octanol–water partition coefficient (Wildman–Crippen LogP) is 1.60. The van der Waals surface area contributed by atoms with Crippen molar-refractivity contribution in [3.8, 4) is 23.4 Å². The fraction of sp³-hybridized carbons (Fsp3) is 0.389. The van der Waals surface area contributed by atoms with Crippen LogP contribution < -0.4 is 14.2 Å². The van der Waals surface area contributed by atoms with E-state index in [1.54, 1.807) is 12.1 Å². The quantitative estimate of drug-likeness (QED) is 0.713. The molecular weight excluding hydrogens is 384 g/mol.